The van der Waals surface area contributed by atoms with Crippen LogP contribution < -0.4 is 24.8 Å². The van der Waals surface area contributed by atoms with Crippen molar-refractivity contribution in [2.45, 2.75) is 61.1 Å². The summed E-state index contributed by atoms with van der Waals surface area (Å²) in [5.41, 5.74) is 0. The molecule has 1 aromatic heterocycles. The molecular formula is C19H34Cl2NSiZr-3. The van der Waals surface area contributed by atoms with Gasteiger partial charge in [0, 0.05) is 0 Å². The Morgan fingerprint density at radius 2 is 1.46 bits per heavy atom. The number of allylic oxidation sites excluding steroid dienone is 4. The van der Waals surface area contributed by atoms with Crippen LogP contribution in [-0.4, -0.2) is 13.8 Å². The summed E-state index contributed by atoms with van der Waals surface area (Å²) < 4.78 is 0. The third kappa shape index (κ3) is 38.2. The van der Waals surface area contributed by atoms with E-state index in [0.717, 1.165) is 0 Å². The first-order valence-electron chi connectivity index (χ1n) is 7.65. The molecule has 0 saturated heterocycles. The fraction of sp³-hybridized carbons (Fsp3) is 0.474. The summed E-state index contributed by atoms with van der Waals surface area (Å²) >= 11 is 0. The number of aromatic nitrogens is 1. The zero-order valence-electron chi connectivity index (χ0n) is 16.5. The molecule has 1 heterocycles. The maximum atomic E-state index is 2.74. The third-order valence-corrected chi connectivity index (χ3v) is 3.90. The Morgan fingerprint density at radius 3 is 1.58 bits per heavy atom. The van der Waals surface area contributed by atoms with Gasteiger partial charge in [0.25, 0.3) is 0 Å². The first kappa shape index (κ1) is 35.5. The second-order valence-corrected chi connectivity index (χ2v) is 9.39. The van der Waals surface area contributed by atoms with E-state index < -0.39 is 8.80 Å². The molecule has 0 spiro atoms. The first-order valence-corrected chi connectivity index (χ1v) is 10.5. The Hall–Kier alpha value is 0.440. The summed E-state index contributed by atoms with van der Waals surface area (Å²) in [6.45, 7) is 17.2. The second-order valence-electron chi connectivity index (χ2n) is 6.34. The van der Waals surface area contributed by atoms with Gasteiger partial charge in [0.05, 0.1) is 8.80 Å². The Labute approximate surface area is 184 Å². The van der Waals surface area contributed by atoms with E-state index in [9.17, 15) is 0 Å². The predicted molar refractivity (Wildman–Crippen MR) is 101 cm³/mol. The molecule has 1 N–H and O–H groups in total. The molecule has 0 radical (unpaired) electrons. The van der Waals surface area contributed by atoms with Crippen LogP contribution in [-0.2, 0) is 26.2 Å². The molecular weight excluding hydrogens is 432 g/mol. The van der Waals surface area contributed by atoms with Gasteiger partial charge in [-0.2, -0.15) is 59.9 Å². The van der Waals surface area contributed by atoms with Crippen LogP contribution in [0.5, 0.6) is 0 Å². The number of aromatic amines is 1. The van der Waals surface area contributed by atoms with Crippen LogP contribution in [0.1, 0.15) is 48.0 Å². The molecule has 0 amide bonds. The minimum atomic E-state index is -0.424. The number of halogens is 2. The van der Waals surface area contributed by atoms with Crippen molar-refractivity contribution in [3.63, 3.8) is 0 Å². The van der Waals surface area contributed by atoms with Gasteiger partial charge in [-0.25, -0.2) is 0 Å². The normalized spacial score (nSPS) is 10.5. The molecule has 5 heteroatoms. The number of rotatable bonds is 1. The summed E-state index contributed by atoms with van der Waals surface area (Å²) in [5, 5.41) is 1.70. The molecule has 0 bridgehead atoms. The van der Waals surface area contributed by atoms with Crippen molar-refractivity contribution in [1.29, 1.82) is 0 Å². The van der Waals surface area contributed by atoms with Crippen molar-refractivity contribution in [2.75, 3.05) is 0 Å². The standard InChI is InChI=1S/C7H12Si.C4H4N.2C4H9.2ClH.Zr/c1-8(2)7-5-3-4-6-7;1-2-4-5-3-1;2*1-4(2)3;;;/h3-5,8H,6H2,1-2H3;1-3,5H;2*1-3H3;2*1H;/q;3*-1;;;+2/p-2. The van der Waals surface area contributed by atoms with E-state index >= 15 is 0 Å². The summed E-state index contributed by atoms with van der Waals surface area (Å²) in [5.74, 6) is 2.83. The number of H-pyrrole nitrogens is 1. The van der Waals surface area contributed by atoms with Crippen LogP contribution >= 0.6 is 0 Å². The fourth-order valence-corrected chi connectivity index (χ4v) is 2.24. The van der Waals surface area contributed by atoms with Gasteiger partial charge in [-0.05, 0) is 6.42 Å². The van der Waals surface area contributed by atoms with E-state index in [0.29, 0.717) is 0 Å². The summed E-state index contributed by atoms with van der Waals surface area (Å²) in [7, 11) is -0.424. The molecule has 1 aliphatic carbocycles. The maximum Gasteiger partial charge on any atom is 2.00 e. The smallest absolute Gasteiger partial charge is 1.00 e. The van der Waals surface area contributed by atoms with E-state index in [-0.39, 0.29) is 51.0 Å². The van der Waals surface area contributed by atoms with Crippen LogP contribution in [0.4, 0.5) is 0 Å². The van der Waals surface area contributed by atoms with E-state index in [4.69, 9.17) is 0 Å². The van der Waals surface area contributed by atoms with Crippen LogP contribution in [0.3, 0.4) is 0 Å². The van der Waals surface area contributed by atoms with Crippen LogP contribution in [0.2, 0.25) is 13.1 Å². The average molecular weight is 467 g/mol. The first-order chi connectivity index (χ1) is 9.77. The Bertz CT molecular complexity index is 333. The van der Waals surface area contributed by atoms with Gasteiger partial charge in [0.2, 0.25) is 0 Å². The second kappa shape index (κ2) is 25.7. The topological polar surface area (TPSA) is 15.8 Å². The number of hydrogen-bond acceptors (Lipinski definition) is 0. The average Bonchev–Trinajstić information content (AvgIpc) is 3.05. The van der Waals surface area contributed by atoms with E-state index in [1.54, 1.807) is 5.20 Å². The van der Waals surface area contributed by atoms with Crippen molar-refractivity contribution in [1.82, 2.24) is 4.98 Å². The van der Waals surface area contributed by atoms with Crippen LogP contribution in [0.15, 0.2) is 41.8 Å². The van der Waals surface area contributed by atoms with Crippen molar-refractivity contribution in [3.8, 4) is 0 Å². The van der Waals surface area contributed by atoms with Crippen molar-refractivity contribution >= 4 is 8.80 Å². The van der Waals surface area contributed by atoms with E-state index in [2.05, 4.69) is 84.0 Å². The van der Waals surface area contributed by atoms with Gasteiger partial charge < -0.3 is 41.6 Å². The van der Waals surface area contributed by atoms with E-state index in [1.165, 1.54) is 18.3 Å². The molecule has 0 aliphatic heterocycles. The maximum absolute atomic E-state index is 2.74. The zero-order chi connectivity index (χ0) is 16.7. The molecule has 1 aromatic rings. The minimum absolute atomic E-state index is 0. The summed E-state index contributed by atoms with van der Waals surface area (Å²) in [6.07, 6.45) is 12.5. The molecule has 2 rings (SSSR count). The van der Waals surface area contributed by atoms with Crippen LogP contribution in [0.25, 0.3) is 0 Å². The monoisotopic (exact) mass is 464 g/mol. The van der Waals surface area contributed by atoms with Gasteiger partial charge >= 0.3 is 26.2 Å². The van der Waals surface area contributed by atoms with Gasteiger partial charge in [0.1, 0.15) is 0 Å². The van der Waals surface area contributed by atoms with Gasteiger partial charge in [-0.3, -0.25) is 0 Å². The molecule has 0 aromatic carbocycles. The van der Waals surface area contributed by atoms with Crippen molar-refractivity contribution in [3.05, 3.63) is 59.8 Å². The molecule has 0 saturated carbocycles. The SMILES string of the molecule is C[C-](C)C.C[C-](C)C.C[SiH](C)C1=CC=CC1.[Cl-].[Cl-].[Zr+2].[c-]1ccc[nH]1. The number of hydrogen-bond donors (Lipinski definition) is 1. The van der Waals surface area contributed by atoms with Crippen LogP contribution in [0, 0.1) is 18.0 Å². The summed E-state index contributed by atoms with van der Waals surface area (Å²) in [4.78, 5) is 2.74. The Kier molecular flexibility index (Phi) is 38.0. The van der Waals surface area contributed by atoms with E-state index in [1.807, 2.05) is 18.3 Å². The number of nitrogens with one attached hydrogen (secondary N) is 1. The van der Waals surface area contributed by atoms with Gasteiger partial charge in [-0.15, -0.1) is 6.20 Å². The molecule has 0 atom stereocenters. The minimum Gasteiger partial charge on any atom is -1.00 e. The summed E-state index contributed by atoms with van der Waals surface area (Å²) in [6, 6.07) is 3.71. The largest absolute Gasteiger partial charge is 2.00 e. The molecule has 24 heavy (non-hydrogen) atoms. The Balaban J connectivity index is -0.0000000673. The quantitative estimate of drug-likeness (QED) is 0.442. The zero-order valence-corrected chi connectivity index (χ0v) is 21.6. The Morgan fingerprint density at radius 1 is 1.00 bits per heavy atom. The molecule has 140 valence electrons. The molecule has 0 fully saturated rings. The van der Waals surface area contributed by atoms with Gasteiger partial charge in [-0.1, -0.05) is 36.5 Å². The molecule has 1 nitrogen and oxygen atoms in total. The van der Waals surface area contributed by atoms with Crippen molar-refractivity contribution in [2.24, 2.45) is 0 Å². The fourth-order valence-electron chi connectivity index (χ4n) is 1.13. The van der Waals surface area contributed by atoms with Crippen molar-refractivity contribution < 1.29 is 51.0 Å². The predicted octanol–water partition coefficient (Wildman–Crippen LogP) is -0.0398. The van der Waals surface area contributed by atoms with Gasteiger partial charge in [0.15, 0.2) is 0 Å². The molecule has 1 aliphatic rings. The molecule has 0 unspecified atom stereocenters. The third-order valence-electron chi connectivity index (χ3n) is 1.98.